The molecule has 0 spiro atoms. The van der Waals surface area contributed by atoms with E-state index in [-0.39, 0.29) is 17.3 Å². The number of ether oxygens (including phenoxy) is 1. The molecule has 2 atom stereocenters. The molecule has 0 saturated carbocycles. The van der Waals surface area contributed by atoms with E-state index in [1.54, 1.807) is 7.05 Å². The summed E-state index contributed by atoms with van der Waals surface area (Å²) in [6, 6.07) is 0.777. The van der Waals surface area contributed by atoms with Gasteiger partial charge in [-0.1, -0.05) is 6.42 Å². The maximum Gasteiger partial charge on any atom is 0.332 e. The van der Waals surface area contributed by atoms with Crippen molar-refractivity contribution in [1.29, 1.82) is 0 Å². The second-order valence-electron chi connectivity index (χ2n) is 7.99. The maximum absolute atomic E-state index is 13.0. The number of aryl methyl sites for hydroxylation is 1. The van der Waals surface area contributed by atoms with Crippen molar-refractivity contribution in [2.24, 2.45) is 14.1 Å². The maximum atomic E-state index is 13.0. The first-order valence-corrected chi connectivity index (χ1v) is 10.1. The molecule has 1 N–H and O–H groups in total. The lowest BCUT2D eigenvalue weighted by atomic mass is 9.93. The molecular formula is C18H27N7O3. The monoisotopic (exact) mass is 389 g/mol. The Morgan fingerprint density at radius 2 is 1.89 bits per heavy atom. The van der Waals surface area contributed by atoms with Gasteiger partial charge in [0.2, 0.25) is 5.95 Å². The predicted molar refractivity (Wildman–Crippen MR) is 105 cm³/mol. The van der Waals surface area contributed by atoms with Crippen molar-refractivity contribution in [3.63, 3.8) is 0 Å². The highest BCUT2D eigenvalue weighted by molar-refractivity contribution is 5.74. The summed E-state index contributed by atoms with van der Waals surface area (Å²) in [5.41, 5.74) is 3.86. The lowest BCUT2D eigenvalue weighted by Crippen LogP contribution is -2.71. The van der Waals surface area contributed by atoms with Crippen LogP contribution in [-0.2, 0) is 25.4 Å². The summed E-state index contributed by atoms with van der Waals surface area (Å²) in [4.78, 5) is 32.3. The van der Waals surface area contributed by atoms with Crippen molar-refractivity contribution < 1.29 is 4.74 Å². The minimum atomic E-state index is -0.351. The smallest absolute Gasteiger partial charge is 0.332 e. The van der Waals surface area contributed by atoms with E-state index in [4.69, 9.17) is 9.72 Å². The van der Waals surface area contributed by atoms with Crippen molar-refractivity contribution in [3.8, 4) is 0 Å². The van der Waals surface area contributed by atoms with Crippen LogP contribution in [0.4, 0.5) is 5.95 Å². The lowest BCUT2D eigenvalue weighted by molar-refractivity contribution is -0.0614. The highest BCUT2D eigenvalue weighted by Crippen LogP contribution is 2.29. The molecule has 2 aromatic heterocycles. The number of piperidine rings is 1. The van der Waals surface area contributed by atoms with E-state index >= 15 is 0 Å². The number of nitrogens with zero attached hydrogens (tertiary/aromatic N) is 6. The molecule has 3 aliphatic heterocycles. The zero-order valence-corrected chi connectivity index (χ0v) is 16.4. The molecular weight excluding hydrogens is 362 g/mol. The van der Waals surface area contributed by atoms with Crippen molar-refractivity contribution in [2.45, 2.75) is 37.9 Å². The molecule has 3 saturated heterocycles. The van der Waals surface area contributed by atoms with Gasteiger partial charge < -0.3 is 14.2 Å². The number of rotatable bonds is 3. The first-order chi connectivity index (χ1) is 13.6. The van der Waals surface area contributed by atoms with Crippen LogP contribution in [0.3, 0.4) is 0 Å². The third-order valence-electron chi connectivity index (χ3n) is 6.35. The largest absolute Gasteiger partial charge is 0.378 e. The zero-order chi connectivity index (χ0) is 19.4. The second kappa shape index (κ2) is 6.71. The van der Waals surface area contributed by atoms with Crippen molar-refractivity contribution in [2.75, 3.05) is 37.7 Å². The Hall–Kier alpha value is -2.17. The molecule has 0 amide bonds. The fourth-order valence-corrected chi connectivity index (χ4v) is 4.72. The van der Waals surface area contributed by atoms with E-state index in [2.05, 4.69) is 15.3 Å². The number of imidazole rings is 1. The number of anilines is 1. The first-order valence-electron chi connectivity index (χ1n) is 10.1. The van der Waals surface area contributed by atoms with E-state index < -0.39 is 0 Å². The molecule has 152 valence electrons. The van der Waals surface area contributed by atoms with Crippen LogP contribution in [0.2, 0.25) is 0 Å². The average molecular weight is 389 g/mol. The van der Waals surface area contributed by atoms with E-state index in [0.717, 1.165) is 25.6 Å². The number of hydrogen-bond donors (Lipinski definition) is 1. The van der Waals surface area contributed by atoms with E-state index in [1.807, 2.05) is 4.57 Å². The van der Waals surface area contributed by atoms with Gasteiger partial charge in [-0.25, -0.2) is 15.2 Å². The second-order valence-corrected chi connectivity index (χ2v) is 7.99. The molecule has 5 rings (SSSR count). The van der Waals surface area contributed by atoms with Gasteiger partial charge >= 0.3 is 5.69 Å². The normalized spacial score (nSPS) is 25.7. The van der Waals surface area contributed by atoms with Crippen LogP contribution in [0, 0.1) is 0 Å². The molecule has 2 aromatic rings. The number of aromatic nitrogens is 4. The number of fused-ring (bicyclic) bond motifs is 2. The Morgan fingerprint density at radius 3 is 2.64 bits per heavy atom. The number of nitrogens with one attached hydrogen (secondary N) is 1. The van der Waals surface area contributed by atoms with Gasteiger partial charge in [0.25, 0.3) is 5.56 Å². The molecule has 28 heavy (non-hydrogen) atoms. The van der Waals surface area contributed by atoms with E-state index in [1.165, 1.54) is 35.4 Å². The molecule has 0 radical (unpaired) electrons. The van der Waals surface area contributed by atoms with Gasteiger partial charge in [0, 0.05) is 46.3 Å². The van der Waals surface area contributed by atoms with Crippen LogP contribution >= 0.6 is 0 Å². The van der Waals surface area contributed by atoms with E-state index in [9.17, 15) is 9.59 Å². The van der Waals surface area contributed by atoms with Gasteiger partial charge in [0.15, 0.2) is 11.2 Å². The van der Waals surface area contributed by atoms with Crippen molar-refractivity contribution in [3.05, 3.63) is 20.8 Å². The van der Waals surface area contributed by atoms with Gasteiger partial charge in [-0.3, -0.25) is 13.9 Å². The lowest BCUT2D eigenvalue weighted by Gasteiger charge is -2.52. The number of morpholine rings is 1. The van der Waals surface area contributed by atoms with Gasteiger partial charge in [-0.15, -0.1) is 0 Å². The van der Waals surface area contributed by atoms with Crippen molar-refractivity contribution in [1.82, 2.24) is 29.1 Å². The molecule has 3 aliphatic rings. The SMILES string of the molecule is Cn1c(=O)c2c(nc(N3CCOCC3)n2CC2NN3CCCCC23)n(C)c1=O. The summed E-state index contributed by atoms with van der Waals surface area (Å²) >= 11 is 0. The molecule has 5 heterocycles. The molecule has 10 nitrogen and oxygen atoms in total. The van der Waals surface area contributed by atoms with Gasteiger partial charge in [-0.05, 0) is 12.8 Å². The molecule has 10 heteroatoms. The summed E-state index contributed by atoms with van der Waals surface area (Å²) in [5.74, 6) is 0.757. The minimum absolute atomic E-state index is 0.277. The summed E-state index contributed by atoms with van der Waals surface area (Å²) in [5, 5.41) is 2.32. The first kappa shape index (κ1) is 17.9. The molecule has 0 aromatic carbocycles. The summed E-state index contributed by atoms with van der Waals surface area (Å²) < 4.78 is 10.1. The van der Waals surface area contributed by atoms with Crippen LogP contribution in [0.25, 0.3) is 11.2 Å². The molecule has 2 unspecified atom stereocenters. The van der Waals surface area contributed by atoms with Crippen LogP contribution in [0.5, 0.6) is 0 Å². The van der Waals surface area contributed by atoms with Crippen molar-refractivity contribution >= 4 is 17.1 Å². The standard InChI is InChI=1S/C18H27N7O3/c1-21-15-14(16(26)22(2)18(21)27)24(17(19-15)23-7-9-28-10-8-23)11-12-13-5-3-4-6-25(13)20-12/h12-13,20H,3-11H2,1-2H3. The fraction of sp³-hybridized carbons (Fsp3) is 0.722. The molecule has 0 aliphatic carbocycles. The average Bonchev–Trinajstić information content (AvgIpc) is 3.09. The third kappa shape index (κ3) is 2.62. The topological polar surface area (TPSA) is 89.6 Å². The Balaban J connectivity index is 1.62. The quantitative estimate of drug-likeness (QED) is 0.721. The van der Waals surface area contributed by atoms with Crippen LogP contribution in [0.1, 0.15) is 19.3 Å². The van der Waals surface area contributed by atoms with E-state index in [0.29, 0.717) is 37.0 Å². The fourth-order valence-electron chi connectivity index (χ4n) is 4.72. The van der Waals surface area contributed by atoms with Crippen LogP contribution < -0.4 is 21.6 Å². The Bertz CT molecular complexity index is 1020. The van der Waals surface area contributed by atoms with Gasteiger partial charge in [0.05, 0.1) is 19.3 Å². The van der Waals surface area contributed by atoms with Crippen LogP contribution in [0.15, 0.2) is 9.59 Å². The van der Waals surface area contributed by atoms with Crippen LogP contribution in [-0.4, -0.2) is 68.6 Å². The Labute approximate surface area is 162 Å². The Kier molecular flexibility index (Phi) is 4.29. The van der Waals surface area contributed by atoms with Gasteiger partial charge in [-0.2, -0.15) is 4.98 Å². The summed E-state index contributed by atoms with van der Waals surface area (Å²) in [6.45, 7) is 4.48. The number of hydrogen-bond acceptors (Lipinski definition) is 7. The Morgan fingerprint density at radius 1 is 1.11 bits per heavy atom. The highest BCUT2D eigenvalue weighted by atomic mass is 16.5. The predicted octanol–water partition coefficient (Wildman–Crippen LogP) is -0.988. The number of hydrazine groups is 1. The summed E-state index contributed by atoms with van der Waals surface area (Å²) in [7, 11) is 3.20. The molecule has 3 fully saturated rings. The summed E-state index contributed by atoms with van der Waals surface area (Å²) in [6.07, 6.45) is 3.65. The zero-order valence-electron chi connectivity index (χ0n) is 16.4. The molecule has 0 bridgehead atoms. The minimum Gasteiger partial charge on any atom is -0.378 e. The van der Waals surface area contributed by atoms with Gasteiger partial charge in [0.1, 0.15) is 0 Å². The third-order valence-corrected chi connectivity index (χ3v) is 6.35. The highest BCUT2D eigenvalue weighted by Gasteiger charge is 2.40.